The highest BCUT2D eigenvalue weighted by atomic mass is 16.2. The Morgan fingerprint density at radius 2 is 1.95 bits per heavy atom. The normalized spacial score (nSPS) is 14.1. The number of hydrogen-bond donors (Lipinski definition) is 1. The second kappa shape index (κ2) is 5.12. The summed E-state index contributed by atoms with van der Waals surface area (Å²) in [5, 5.41) is 4.41. The molecule has 0 aromatic carbocycles. The number of nitrogens with zero attached hydrogens (tertiary/aromatic N) is 3. The molecule has 6 heteroatoms. The number of nitrogens with one attached hydrogen (secondary N) is 1. The molecular formula is C16H20N4O2. The Hall–Kier alpha value is -2.37. The van der Waals surface area contributed by atoms with Crippen LogP contribution in [0.15, 0.2) is 6.07 Å². The van der Waals surface area contributed by atoms with Gasteiger partial charge in [-0.3, -0.25) is 14.5 Å². The molecule has 22 heavy (non-hydrogen) atoms. The number of anilines is 1. The number of Topliss-reactive ketones (excluding diaryl/α,β-unsaturated/α-hetero) is 1. The molecule has 0 bridgehead atoms. The second-order valence-corrected chi connectivity index (χ2v) is 5.86. The van der Waals surface area contributed by atoms with Gasteiger partial charge in [-0.25, -0.2) is 4.68 Å². The lowest BCUT2D eigenvalue weighted by atomic mass is 10.1. The molecule has 116 valence electrons. The highest BCUT2D eigenvalue weighted by molar-refractivity contribution is 6.08. The van der Waals surface area contributed by atoms with Crippen LogP contribution in [0.4, 0.5) is 5.82 Å². The van der Waals surface area contributed by atoms with Gasteiger partial charge in [-0.2, -0.15) is 5.10 Å². The van der Waals surface area contributed by atoms with Crippen molar-refractivity contribution in [3.8, 4) is 0 Å². The van der Waals surface area contributed by atoms with E-state index in [0.29, 0.717) is 17.8 Å². The van der Waals surface area contributed by atoms with E-state index >= 15 is 0 Å². The fourth-order valence-corrected chi connectivity index (χ4v) is 3.24. The van der Waals surface area contributed by atoms with Gasteiger partial charge in [0.25, 0.3) is 5.91 Å². The fraction of sp³-hybridized carbons (Fsp3) is 0.438. The molecule has 0 unspecified atom stereocenters. The number of hydrogen-bond acceptors (Lipinski definition) is 3. The highest BCUT2D eigenvalue weighted by Crippen LogP contribution is 2.26. The molecule has 0 radical (unpaired) electrons. The number of carbonyl (C=O) groups is 2. The Bertz CT molecular complexity index is 769. The van der Waals surface area contributed by atoms with E-state index in [4.69, 9.17) is 0 Å². The number of ketones is 1. The molecule has 0 saturated heterocycles. The number of fused-ring (bicyclic) bond motifs is 1. The minimum Gasteiger partial charge on any atom is -0.354 e. The number of carbonyl (C=O) groups excluding carboxylic acids is 2. The Kier molecular flexibility index (Phi) is 3.39. The molecule has 0 spiro atoms. The van der Waals surface area contributed by atoms with Gasteiger partial charge in [0.2, 0.25) is 0 Å². The van der Waals surface area contributed by atoms with Gasteiger partial charge in [0.15, 0.2) is 5.78 Å². The summed E-state index contributed by atoms with van der Waals surface area (Å²) in [7, 11) is 0. The molecule has 0 aliphatic carbocycles. The van der Waals surface area contributed by atoms with Crippen LogP contribution >= 0.6 is 0 Å². The summed E-state index contributed by atoms with van der Waals surface area (Å²) in [5.41, 5.74) is 3.48. The van der Waals surface area contributed by atoms with E-state index in [2.05, 4.69) is 10.1 Å². The first-order valence-electron chi connectivity index (χ1n) is 7.46. The first kappa shape index (κ1) is 14.6. The van der Waals surface area contributed by atoms with Gasteiger partial charge in [-0.1, -0.05) is 0 Å². The fourth-order valence-electron chi connectivity index (χ4n) is 3.24. The largest absolute Gasteiger partial charge is 0.354 e. The van der Waals surface area contributed by atoms with Crippen molar-refractivity contribution in [2.24, 2.45) is 0 Å². The molecule has 3 heterocycles. The van der Waals surface area contributed by atoms with Crippen LogP contribution in [0.25, 0.3) is 0 Å². The minimum absolute atomic E-state index is 0.0233. The summed E-state index contributed by atoms with van der Waals surface area (Å²) in [5.74, 6) is 0.698. The lowest BCUT2D eigenvalue weighted by Crippen LogP contribution is -2.38. The third-order valence-electron chi connectivity index (χ3n) is 4.16. The van der Waals surface area contributed by atoms with Gasteiger partial charge in [-0.05, 0) is 39.7 Å². The molecule has 1 N–H and O–H groups in total. The zero-order chi connectivity index (χ0) is 16.0. The van der Waals surface area contributed by atoms with E-state index in [0.717, 1.165) is 35.7 Å². The van der Waals surface area contributed by atoms with Crippen molar-refractivity contribution in [3.63, 3.8) is 0 Å². The van der Waals surface area contributed by atoms with Gasteiger partial charge in [0.1, 0.15) is 11.5 Å². The van der Waals surface area contributed by atoms with Crippen LogP contribution in [-0.2, 0) is 6.54 Å². The molecule has 0 fully saturated rings. The van der Waals surface area contributed by atoms with Gasteiger partial charge < -0.3 is 4.98 Å². The van der Waals surface area contributed by atoms with Crippen molar-refractivity contribution in [2.45, 2.75) is 40.7 Å². The summed E-state index contributed by atoms with van der Waals surface area (Å²) in [6.07, 6.45) is 0.873. The average Bonchev–Trinajstić information content (AvgIpc) is 2.96. The quantitative estimate of drug-likeness (QED) is 0.866. The average molecular weight is 300 g/mol. The molecular weight excluding hydrogens is 280 g/mol. The maximum absolute atomic E-state index is 12.9. The van der Waals surface area contributed by atoms with Crippen LogP contribution in [0.2, 0.25) is 0 Å². The Balaban J connectivity index is 2.03. The summed E-state index contributed by atoms with van der Waals surface area (Å²) in [6, 6.07) is 1.92. The van der Waals surface area contributed by atoms with Gasteiger partial charge >= 0.3 is 0 Å². The maximum Gasteiger partial charge on any atom is 0.276 e. The van der Waals surface area contributed by atoms with Crippen LogP contribution in [-0.4, -0.2) is 33.0 Å². The summed E-state index contributed by atoms with van der Waals surface area (Å²) < 4.78 is 1.87. The summed E-state index contributed by atoms with van der Waals surface area (Å²) in [6.45, 7) is 8.58. The molecule has 3 rings (SSSR count). The molecule has 2 aromatic heterocycles. The third kappa shape index (κ3) is 2.15. The SMILES string of the molecule is CC(=O)c1c(C)[nH]c(C(=O)N2CCCn3nc(C)cc32)c1C. The Labute approximate surface area is 129 Å². The van der Waals surface area contributed by atoms with Gasteiger partial charge in [-0.15, -0.1) is 0 Å². The van der Waals surface area contributed by atoms with Crippen molar-refractivity contribution in [1.82, 2.24) is 14.8 Å². The lowest BCUT2D eigenvalue weighted by molar-refractivity contribution is 0.0976. The molecule has 1 aliphatic rings. The van der Waals surface area contributed by atoms with E-state index in [1.165, 1.54) is 6.92 Å². The number of aryl methyl sites for hydroxylation is 3. The maximum atomic E-state index is 12.9. The third-order valence-corrected chi connectivity index (χ3v) is 4.16. The standard InChI is InChI=1S/C16H20N4O2/c1-9-8-13-19(6-5-7-20(13)18-9)16(22)15-10(2)14(12(4)21)11(3)17-15/h8,17H,5-7H2,1-4H3. The van der Waals surface area contributed by atoms with Gasteiger partial charge in [0, 0.05) is 30.4 Å². The van der Waals surface area contributed by atoms with E-state index in [1.807, 2.05) is 31.5 Å². The number of aromatic nitrogens is 3. The molecule has 0 saturated carbocycles. The van der Waals surface area contributed by atoms with Crippen LogP contribution in [0.5, 0.6) is 0 Å². The summed E-state index contributed by atoms with van der Waals surface area (Å²) in [4.78, 5) is 29.5. The van der Waals surface area contributed by atoms with Gasteiger partial charge in [0.05, 0.1) is 5.69 Å². The van der Waals surface area contributed by atoms with Crippen molar-refractivity contribution < 1.29 is 9.59 Å². The van der Waals surface area contributed by atoms with E-state index in [1.54, 1.807) is 4.90 Å². The molecule has 2 aromatic rings. The molecule has 1 aliphatic heterocycles. The smallest absolute Gasteiger partial charge is 0.276 e. The molecule has 6 nitrogen and oxygen atoms in total. The number of amides is 1. The number of H-pyrrole nitrogens is 1. The first-order chi connectivity index (χ1) is 10.4. The molecule has 1 amide bonds. The Morgan fingerprint density at radius 3 is 2.59 bits per heavy atom. The van der Waals surface area contributed by atoms with Crippen LogP contribution in [0.1, 0.15) is 51.1 Å². The predicted octanol–water partition coefficient (Wildman–Crippen LogP) is 2.39. The highest BCUT2D eigenvalue weighted by Gasteiger charge is 2.28. The first-order valence-corrected chi connectivity index (χ1v) is 7.46. The van der Waals surface area contributed by atoms with Crippen LogP contribution in [0, 0.1) is 20.8 Å². The topological polar surface area (TPSA) is 71.0 Å². The van der Waals surface area contributed by atoms with E-state index < -0.39 is 0 Å². The van der Waals surface area contributed by atoms with Crippen molar-refractivity contribution in [2.75, 3.05) is 11.4 Å². The zero-order valence-electron chi connectivity index (χ0n) is 13.4. The number of rotatable bonds is 2. The van der Waals surface area contributed by atoms with Crippen molar-refractivity contribution in [3.05, 3.63) is 34.3 Å². The zero-order valence-corrected chi connectivity index (χ0v) is 13.4. The van der Waals surface area contributed by atoms with Crippen molar-refractivity contribution in [1.29, 1.82) is 0 Å². The van der Waals surface area contributed by atoms with E-state index in [9.17, 15) is 9.59 Å². The lowest BCUT2D eigenvalue weighted by Gasteiger charge is -2.27. The second-order valence-electron chi connectivity index (χ2n) is 5.86. The van der Waals surface area contributed by atoms with Crippen LogP contribution < -0.4 is 4.90 Å². The monoisotopic (exact) mass is 300 g/mol. The predicted molar refractivity (Wildman–Crippen MR) is 83.5 cm³/mol. The van der Waals surface area contributed by atoms with E-state index in [-0.39, 0.29) is 11.7 Å². The Morgan fingerprint density at radius 1 is 1.23 bits per heavy atom. The van der Waals surface area contributed by atoms with Crippen molar-refractivity contribution >= 4 is 17.5 Å². The number of aromatic amines is 1. The summed E-state index contributed by atoms with van der Waals surface area (Å²) >= 11 is 0. The van der Waals surface area contributed by atoms with Crippen LogP contribution in [0.3, 0.4) is 0 Å². The minimum atomic E-state index is -0.103. The molecule has 0 atom stereocenters.